The Labute approximate surface area is 267 Å². The van der Waals surface area contributed by atoms with E-state index in [1.807, 2.05) is 71.0 Å². The number of nitrogens with two attached hydrogens (primary N) is 1. The number of pyridine rings is 2. The lowest BCUT2D eigenvalue weighted by molar-refractivity contribution is -0.117. The van der Waals surface area contributed by atoms with Crippen LogP contribution in [0.1, 0.15) is 112 Å². The van der Waals surface area contributed by atoms with Crippen LogP contribution in [0.2, 0.25) is 0 Å². The minimum absolute atomic E-state index is 0.0257. The molecule has 2 rings (SSSR count). The van der Waals surface area contributed by atoms with E-state index in [1.165, 1.54) is 16.8 Å². The summed E-state index contributed by atoms with van der Waals surface area (Å²) in [6, 6.07) is 6.04. The number of Topliss-reactive ketones (excluding diaryl/α,β-unsaturated/α-hetero) is 1. The van der Waals surface area contributed by atoms with Gasteiger partial charge in [0.1, 0.15) is 11.4 Å². The first-order chi connectivity index (χ1) is 20.5. The maximum atomic E-state index is 12.7. The highest BCUT2D eigenvalue weighted by molar-refractivity contribution is 5.79. The van der Waals surface area contributed by atoms with Gasteiger partial charge in [0.25, 0.3) is 0 Å². The van der Waals surface area contributed by atoms with Crippen LogP contribution in [0.5, 0.6) is 0 Å². The van der Waals surface area contributed by atoms with Crippen molar-refractivity contribution in [2.24, 2.45) is 10.7 Å². The summed E-state index contributed by atoms with van der Waals surface area (Å²) in [6.45, 7) is 24.3. The molecule has 44 heavy (non-hydrogen) atoms. The number of anilines is 1. The van der Waals surface area contributed by atoms with Gasteiger partial charge in [-0.05, 0) is 105 Å². The number of nitrogens with zero attached hydrogens (tertiary/aromatic N) is 5. The molecule has 2 aromatic rings. The number of likely N-dealkylation sites (N-methyl/N-ethyl adjacent to an activating group) is 1. The average molecular weight is 613 g/mol. The highest BCUT2D eigenvalue weighted by Gasteiger charge is 2.29. The van der Waals surface area contributed by atoms with Gasteiger partial charge in [0.05, 0.1) is 5.84 Å². The van der Waals surface area contributed by atoms with Crippen molar-refractivity contribution >= 4 is 29.2 Å². The molecule has 0 aromatic carbocycles. The molecule has 0 saturated carbocycles. The van der Waals surface area contributed by atoms with Crippen molar-refractivity contribution in [3.8, 4) is 0 Å². The molecule has 0 aliphatic rings. The third kappa shape index (κ3) is 16.4. The van der Waals surface area contributed by atoms with Gasteiger partial charge in [-0.2, -0.15) is 0 Å². The molecular weight excluding hydrogens is 552 g/mol. The Morgan fingerprint density at radius 2 is 1.66 bits per heavy atom. The molecular formula is C35H60N6O3. The van der Waals surface area contributed by atoms with Gasteiger partial charge in [0.2, 0.25) is 0 Å². The topological polar surface area (TPSA) is 114 Å². The van der Waals surface area contributed by atoms with Crippen LogP contribution in [0.3, 0.4) is 0 Å². The van der Waals surface area contributed by atoms with Crippen LogP contribution in [0.4, 0.5) is 16.3 Å². The van der Waals surface area contributed by atoms with E-state index in [-0.39, 0.29) is 24.0 Å². The van der Waals surface area contributed by atoms with Crippen molar-refractivity contribution in [2.45, 2.75) is 133 Å². The lowest BCUT2D eigenvalue weighted by atomic mass is 10.1. The maximum Gasteiger partial charge on any atom is 0.410 e. The van der Waals surface area contributed by atoms with E-state index in [9.17, 15) is 9.59 Å². The van der Waals surface area contributed by atoms with Gasteiger partial charge in [-0.3, -0.25) is 4.98 Å². The fourth-order valence-electron chi connectivity index (χ4n) is 4.52. The third-order valence-electron chi connectivity index (χ3n) is 6.44. The summed E-state index contributed by atoms with van der Waals surface area (Å²) in [5.74, 6) is 1.50. The summed E-state index contributed by atoms with van der Waals surface area (Å²) in [6.07, 6.45) is 8.23. The van der Waals surface area contributed by atoms with Gasteiger partial charge in [-0.15, -0.1) is 0 Å². The zero-order valence-electron chi connectivity index (χ0n) is 29.8. The molecule has 0 saturated heterocycles. The van der Waals surface area contributed by atoms with Crippen LogP contribution in [0, 0.1) is 6.92 Å². The Bertz CT molecular complexity index is 1150. The third-order valence-corrected chi connectivity index (χ3v) is 6.44. The largest absolute Gasteiger partial charge is 0.444 e. The Morgan fingerprint density at radius 1 is 1.02 bits per heavy atom. The number of hydrogen-bond donors (Lipinski definition) is 1. The SMILES string of the molecule is CCCC(C)=O.CCCc1c(N(C)CC(C)N(C(=O)OC(C)(C)C)C(C)C)ccnc1C.CCc1ccc(N=C(C)N)nc1. The highest BCUT2D eigenvalue weighted by Crippen LogP contribution is 2.24. The normalized spacial score (nSPS) is 11.9. The smallest absolute Gasteiger partial charge is 0.410 e. The quantitative estimate of drug-likeness (QED) is 0.203. The zero-order chi connectivity index (χ0) is 34.0. The minimum Gasteiger partial charge on any atom is -0.444 e. The van der Waals surface area contributed by atoms with Crippen LogP contribution in [-0.2, 0) is 22.4 Å². The van der Waals surface area contributed by atoms with Crippen molar-refractivity contribution < 1.29 is 14.3 Å². The predicted octanol–water partition coefficient (Wildman–Crippen LogP) is 7.84. The molecule has 248 valence electrons. The van der Waals surface area contributed by atoms with Crippen LogP contribution in [0.25, 0.3) is 0 Å². The molecule has 0 radical (unpaired) electrons. The van der Waals surface area contributed by atoms with Crippen LogP contribution in [-0.4, -0.2) is 63.9 Å². The zero-order valence-corrected chi connectivity index (χ0v) is 29.8. The Hall–Kier alpha value is -3.49. The first-order valence-corrected chi connectivity index (χ1v) is 15.9. The van der Waals surface area contributed by atoms with Crippen molar-refractivity contribution in [3.05, 3.63) is 47.4 Å². The number of carbonyl (C=O) groups is 2. The fraction of sp³-hybridized carbons (Fsp3) is 0.629. The number of amides is 1. The first-order valence-electron chi connectivity index (χ1n) is 15.9. The van der Waals surface area contributed by atoms with E-state index in [1.54, 1.807) is 13.8 Å². The molecule has 0 aliphatic carbocycles. The number of ketones is 1. The molecule has 0 bridgehead atoms. The number of rotatable bonds is 11. The van der Waals surface area contributed by atoms with E-state index in [0.717, 1.165) is 44.3 Å². The number of aromatic nitrogens is 2. The highest BCUT2D eigenvalue weighted by atomic mass is 16.6. The maximum absolute atomic E-state index is 12.7. The second-order valence-electron chi connectivity index (χ2n) is 12.4. The predicted molar refractivity (Wildman–Crippen MR) is 185 cm³/mol. The molecule has 1 atom stereocenters. The second-order valence-corrected chi connectivity index (χ2v) is 12.4. The Morgan fingerprint density at radius 3 is 2.07 bits per heavy atom. The van der Waals surface area contributed by atoms with Crippen molar-refractivity contribution in [2.75, 3.05) is 18.5 Å². The summed E-state index contributed by atoms with van der Waals surface area (Å²) in [5.41, 5.74) is 9.69. The van der Waals surface area contributed by atoms with Gasteiger partial charge in [-0.1, -0.05) is 33.3 Å². The molecule has 1 amide bonds. The Balaban J connectivity index is 0.000000839. The first kappa shape index (κ1) is 40.5. The van der Waals surface area contributed by atoms with E-state index in [4.69, 9.17) is 10.5 Å². The lowest BCUT2D eigenvalue weighted by Crippen LogP contribution is -2.50. The number of aryl methyl sites for hydroxylation is 2. The van der Waals surface area contributed by atoms with E-state index < -0.39 is 5.60 Å². The molecule has 0 spiro atoms. The van der Waals surface area contributed by atoms with Crippen LogP contribution < -0.4 is 10.6 Å². The number of aliphatic imine (C=N–C) groups is 1. The van der Waals surface area contributed by atoms with Gasteiger partial charge < -0.3 is 25.1 Å². The standard InChI is InChI=1S/C21H37N3O2.C9H13N3.C5H10O/c1-10-11-18-17(5)22-13-12-19(18)23(9)14-16(4)24(15(2)3)20(25)26-21(6,7)8;1-3-8-4-5-9(11-6-8)12-7(2)10;1-3-4-5(2)6/h12-13,15-16H,10-11,14H2,1-9H3;4-6H,3H2,1-2H3,(H2,10,11,12);3-4H2,1-2H3. The molecule has 2 aromatic heterocycles. The molecule has 1 unspecified atom stereocenters. The molecule has 2 N–H and O–H groups in total. The number of ether oxygens (including phenoxy) is 1. The Kier molecular flexibility index (Phi) is 18.8. The van der Waals surface area contributed by atoms with Gasteiger partial charge >= 0.3 is 6.09 Å². The van der Waals surface area contributed by atoms with Crippen molar-refractivity contribution in [1.82, 2.24) is 14.9 Å². The number of hydrogen-bond acceptors (Lipinski definition) is 7. The lowest BCUT2D eigenvalue weighted by Gasteiger charge is -2.37. The number of carbonyl (C=O) groups excluding carboxylic acids is 2. The summed E-state index contributed by atoms with van der Waals surface area (Å²) < 4.78 is 5.61. The summed E-state index contributed by atoms with van der Waals surface area (Å²) in [7, 11) is 2.08. The number of amidine groups is 1. The molecule has 0 aliphatic heterocycles. The summed E-state index contributed by atoms with van der Waals surface area (Å²) in [4.78, 5) is 39.3. The van der Waals surface area contributed by atoms with Gasteiger partial charge in [0.15, 0.2) is 5.82 Å². The van der Waals surface area contributed by atoms with E-state index >= 15 is 0 Å². The van der Waals surface area contributed by atoms with E-state index in [0.29, 0.717) is 11.7 Å². The van der Waals surface area contributed by atoms with Gasteiger partial charge in [-0.25, -0.2) is 14.8 Å². The second kappa shape index (κ2) is 20.5. The fourth-order valence-corrected chi connectivity index (χ4v) is 4.52. The molecule has 9 nitrogen and oxygen atoms in total. The molecule has 2 heterocycles. The van der Waals surface area contributed by atoms with Crippen molar-refractivity contribution in [1.29, 1.82) is 0 Å². The van der Waals surface area contributed by atoms with Crippen LogP contribution >= 0.6 is 0 Å². The van der Waals surface area contributed by atoms with E-state index in [2.05, 4.69) is 60.7 Å². The van der Waals surface area contributed by atoms with Crippen molar-refractivity contribution in [3.63, 3.8) is 0 Å². The van der Waals surface area contributed by atoms with Crippen LogP contribution in [0.15, 0.2) is 35.6 Å². The molecule has 9 heteroatoms. The monoisotopic (exact) mass is 612 g/mol. The minimum atomic E-state index is -0.494. The summed E-state index contributed by atoms with van der Waals surface area (Å²) in [5, 5.41) is 0. The average Bonchev–Trinajstić information content (AvgIpc) is 2.89. The van der Waals surface area contributed by atoms with Gasteiger partial charge in [0, 0.05) is 55.9 Å². The summed E-state index contributed by atoms with van der Waals surface area (Å²) >= 11 is 0. The molecule has 0 fully saturated rings.